The van der Waals surface area contributed by atoms with E-state index in [0.29, 0.717) is 12.0 Å². The SMILES string of the molecule is COCCCN(C)c1cc(CNC(C)C)cc(C(C)C)n1. The summed E-state index contributed by atoms with van der Waals surface area (Å²) < 4.78 is 5.12. The molecule has 0 radical (unpaired) electrons. The van der Waals surface area contributed by atoms with Gasteiger partial charge >= 0.3 is 0 Å². The van der Waals surface area contributed by atoms with Gasteiger partial charge in [-0.25, -0.2) is 4.98 Å². The molecule has 1 heterocycles. The first-order chi connectivity index (χ1) is 9.93. The van der Waals surface area contributed by atoms with Gasteiger partial charge in [-0.15, -0.1) is 0 Å². The van der Waals surface area contributed by atoms with E-state index in [1.54, 1.807) is 7.11 Å². The normalized spacial score (nSPS) is 11.4. The van der Waals surface area contributed by atoms with E-state index in [-0.39, 0.29) is 0 Å². The summed E-state index contributed by atoms with van der Waals surface area (Å²) in [4.78, 5) is 7.01. The Morgan fingerprint density at radius 2 is 1.95 bits per heavy atom. The fraction of sp³-hybridized carbons (Fsp3) is 0.706. The summed E-state index contributed by atoms with van der Waals surface area (Å²) in [6, 6.07) is 4.89. The molecule has 0 saturated heterocycles. The molecule has 0 spiro atoms. The van der Waals surface area contributed by atoms with E-state index < -0.39 is 0 Å². The van der Waals surface area contributed by atoms with E-state index >= 15 is 0 Å². The molecular formula is C17H31N3O. The summed E-state index contributed by atoms with van der Waals surface area (Å²) in [5.74, 6) is 1.49. The number of rotatable bonds is 9. The minimum atomic E-state index is 0.440. The van der Waals surface area contributed by atoms with E-state index in [0.717, 1.165) is 37.6 Å². The van der Waals surface area contributed by atoms with Gasteiger partial charge in [0, 0.05) is 45.6 Å². The van der Waals surface area contributed by atoms with Gasteiger partial charge in [0.25, 0.3) is 0 Å². The number of hydrogen-bond acceptors (Lipinski definition) is 4. The van der Waals surface area contributed by atoms with Crippen molar-refractivity contribution in [3.8, 4) is 0 Å². The van der Waals surface area contributed by atoms with Crippen LogP contribution in [0.5, 0.6) is 0 Å². The van der Waals surface area contributed by atoms with E-state index in [2.05, 4.69) is 57.1 Å². The molecule has 0 fully saturated rings. The molecule has 0 bridgehead atoms. The summed E-state index contributed by atoms with van der Waals surface area (Å²) in [5, 5.41) is 3.48. The second kappa shape index (κ2) is 9.00. The molecule has 0 atom stereocenters. The van der Waals surface area contributed by atoms with Gasteiger partial charge in [0.05, 0.1) is 0 Å². The lowest BCUT2D eigenvalue weighted by atomic mass is 10.1. The maximum atomic E-state index is 5.12. The largest absolute Gasteiger partial charge is 0.385 e. The third-order valence-electron chi connectivity index (χ3n) is 3.43. The summed E-state index contributed by atoms with van der Waals surface area (Å²) in [5.41, 5.74) is 2.46. The molecule has 4 nitrogen and oxygen atoms in total. The van der Waals surface area contributed by atoms with Crippen LogP contribution in [0.4, 0.5) is 5.82 Å². The van der Waals surface area contributed by atoms with Crippen molar-refractivity contribution in [3.63, 3.8) is 0 Å². The van der Waals surface area contributed by atoms with Crippen LogP contribution >= 0.6 is 0 Å². The van der Waals surface area contributed by atoms with Crippen molar-refractivity contribution in [1.82, 2.24) is 10.3 Å². The van der Waals surface area contributed by atoms with Gasteiger partial charge in [-0.1, -0.05) is 27.7 Å². The van der Waals surface area contributed by atoms with E-state index in [4.69, 9.17) is 9.72 Å². The summed E-state index contributed by atoms with van der Waals surface area (Å²) in [6.45, 7) is 11.4. The van der Waals surface area contributed by atoms with Crippen LogP contribution in [0.15, 0.2) is 12.1 Å². The molecular weight excluding hydrogens is 262 g/mol. The zero-order valence-electron chi connectivity index (χ0n) is 14.4. The number of hydrogen-bond donors (Lipinski definition) is 1. The molecule has 1 aromatic heterocycles. The van der Waals surface area contributed by atoms with Gasteiger partial charge in [-0.2, -0.15) is 0 Å². The molecule has 0 aliphatic carbocycles. The smallest absolute Gasteiger partial charge is 0.128 e. The molecule has 120 valence electrons. The van der Waals surface area contributed by atoms with Crippen LogP contribution in [0.1, 0.15) is 51.3 Å². The van der Waals surface area contributed by atoms with E-state index in [1.807, 2.05) is 0 Å². The van der Waals surface area contributed by atoms with Crippen LogP contribution in [-0.2, 0) is 11.3 Å². The molecule has 0 aromatic carbocycles. The van der Waals surface area contributed by atoms with Gasteiger partial charge < -0.3 is 15.0 Å². The fourth-order valence-corrected chi connectivity index (χ4v) is 2.07. The third kappa shape index (κ3) is 6.44. The number of nitrogens with zero attached hydrogens (tertiary/aromatic N) is 2. The Balaban J connectivity index is 2.85. The van der Waals surface area contributed by atoms with Gasteiger partial charge in [0.2, 0.25) is 0 Å². The Morgan fingerprint density at radius 3 is 2.52 bits per heavy atom. The first-order valence-corrected chi connectivity index (χ1v) is 7.88. The summed E-state index contributed by atoms with van der Waals surface area (Å²) in [7, 11) is 3.84. The number of anilines is 1. The molecule has 0 unspecified atom stereocenters. The van der Waals surface area contributed by atoms with Crippen molar-refractivity contribution in [1.29, 1.82) is 0 Å². The molecule has 0 aliphatic heterocycles. The van der Waals surface area contributed by atoms with Crippen LogP contribution in [0.25, 0.3) is 0 Å². The molecule has 0 aliphatic rings. The Hall–Kier alpha value is -1.13. The molecule has 1 rings (SSSR count). The molecule has 0 saturated carbocycles. The summed E-state index contributed by atoms with van der Waals surface area (Å²) in [6.07, 6.45) is 1.01. The average molecular weight is 293 g/mol. The Bertz CT molecular complexity index is 418. The summed E-state index contributed by atoms with van der Waals surface area (Å²) >= 11 is 0. The van der Waals surface area contributed by atoms with Crippen LogP contribution in [0.3, 0.4) is 0 Å². The average Bonchev–Trinajstić information content (AvgIpc) is 2.44. The standard InChI is InChI=1S/C17H31N3O/c1-13(2)16-10-15(12-18-14(3)4)11-17(19-16)20(5)8-7-9-21-6/h10-11,13-14,18H,7-9,12H2,1-6H3. The number of methoxy groups -OCH3 is 1. The number of pyridine rings is 1. The lowest BCUT2D eigenvalue weighted by molar-refractivity contribution is 0.196. The Morgan fingerprint density at radius 1 is 1.24 bits per heavy atom. The highest BCUT2D eigenvalue weighted by Crippen LogP contribution is 2.20. The molecule has 1 N–H and O–H groups in total. The monoisotopic (exact) mass is 293 g/mol. The maximum Gasteiger partial charge on any atom is 0.128 e. The van der Waals surface area contributed by atoms with Crippen molar-refractivity contribution >= 4 is 5.82 Å². The van der Waals surface area contributed by atoms with E-state index in [9.17, 15) is 0 Å². The second-order valence-electron chi connectivity index (χ2n) is 6.22. The van der Waals surface area contributed by atoms with Crippen LogP contribution in [0.2, 0.25) is 0 Å². The molecule has 0 amide bonds. The molecule has 1 aromatic rings. The highest BCUT2D eigenvalue weighted by molar-refractivity contribution is 5.42. The van der Waals surface area contributed by atoms with Crippen molar-refractivity contribution in [2.45, 2.75) is 52.6 Å². The molecule has 21 heavy (non-hydrogen) atoms. The lowest BCUT2D eigenvalue weighted by Gasteiger charge is -2.21. The van der Waals surface area contributed by atoms with Crippen molar-refractivity contribution < 1.29 is 4.74 Å². The zero-order valence-corrected chi connectivity index (χ0v) is 14.4. The minimum Gasteiger partial charge on any atom is -0.385 e. The van der Waals surface area contributed by atoms with Gasteiger partial charge in [-0.3, -0.25) is 0 Å². The third-order valence-corrected chi connectivity index (χ3v) is 3.43. The minimum absolute atomic E-state index is 0.440. The van der Waals surface area contributed by atoms with Crippen molar-refractivity contribution in [2.75, 3.05) is 32.2 Å². The maximum absolute atomic E-state index is 5.12. The Kier molecular flexibility index (Phi) is 7.68. The predicted octanol–water partition coefficient (Wildman–Crippen LogP) is 3.18. The zero-order chi connectivity index (χ0) is 15.8. The first kappa shape index (κ1) is 17.9. The fourth-order valence-electron chi connectivity index (χ4n) is 2.07. The van der Waals surface area contributed by atoms with Crippen LogP contribution in [0, 0.1) is 0 Å². The topological polar surface area (TPSA) is 37.4 Å². The first-order valence-electron chi connectivity index (χ1n) is 7.88. The van der Waals surface area contributed by atoms with E-state index in [1.165, 1.54) is 5.56 Å². The predicted molar refractivity (Wildman–Crippen MR) is 90.1 cm³/mol. The number of ether oxygens (including phenoxy) is 1. The highest BCUT2D eigenvalue weighted by atomic mass is 16.5. The quantitative estimate of drug-likeness (QED) is 0.710. The molecule has 4 heteroatoms. The number of nitrogens with one attached hydrogen (secondary N) is 1. The number of aromatic nitrogens is 1. The van der Waals surface area contributed by atoms with Crippen LogP contribution < -0.4 is 10.2 Å². The van der Waals surface area contributed by atoms with Gasteiger partial charge in [-0.05, 0) is 30.0 Å². The van der Waals surface area contributed by atoms with Crippen molar-refractivity contribution in [3.05, 3.63) is 23.4 Å². The second-order valence-corrected chi connectivity index (χ2v) is 6.22. The Labute approximate surface area is 129 Å². The lowest BCUT2D eigenvalue weighted by Crippen LogP contribution is -2.24. The van der Waals surface area contributed by atoms with Crippen molar-refractivity contribution in [2.24, 2.45) is 0 Å². The van der Waals surface area contributed by atoms with Gasteiger partial charge in [0.1, 0.15) is 5.82 Å². The van der Waals surface area contributed by atoms with Gasteiger partial charge in [0.15, 0.2) is 0 Å². The highest BCUT2D eigenvalue weighted by Gasteiger charge is 2.10. The van der Waals surface area contributed by atoms with Crippen LogP contribution in [-0.4, -0.2) is 38.3 Å².